The van der Waals surface area contributed by atoms with E-state index in [9.17, 15) is 0 Å². The van der Waals surface area contributed by atoms with Gasteiger partial charge in [0.15, 0.2) is 0 Å². The van der Waals surface area contributed by atoms with Crippen LogP contribution in [0.1, 0.15) is 344 Å². The molecule has 12 nitrogen and oxygen atoms in total. The summed E-state index contributed by atoms with van der Waals surface area (Å²) >= 11 is 0. The number of nitrogens with zero attached hydrogens (tertiary/aromatic N) is 12. The molecule has 9 aromatic rings. The lowest BCUT2D eigenvalue weighted by Crippen LogP contribution is -2.03. The molecule has 704 valence electrons. The second-order valence-electron chi connectivity index (χ2n) is 28.5. The number of hydrogen-bond donors (Lipinski definition) is 0. The zero-order chi connectivity index (χ0) is 100. The molecule has 0 unspecified atom stereocenters. The molecule has 0 radical (unpaired) electrons. The molecule has 0 bridgehead atoms. The lowest BCUT2D eigenvalue weighted by molar-refractivity contribution is 0.437. The zero-order valence-corrected chi connectivity index (χ0v) is 91.2. The van der Waals surface area contributed by atoms with Crippen LogP contribution in [0.2, 0.25) is 0 Å². The maximum absolute atomic E-state index is 4.03. The van der Waals surface area contributed by atoms with Crippen LogP contribution in [0.4, 0.5) is 0 Å². The van der Waals surface area contributed by atoms with Crippen LogP contribution in [0.5, 0.6) is 0 Å². The molecule has 0 aliphatic heterocycles. The lowest BCUT2D eigenvalue weighted by Gasteiger charge is -2.03. The summed E-state index contributed by atoms with van der Waals surface area (Å²) in [6.45, 7) is 104. The van der Waals surface area contributed by atoms with Crippen LogP contribution in [-0.4, -0.2) is 81.9 Å². The Morgan fingerprint density at radius 1 is 0.160 bits per heavy atom. The minimum Gasteiger partial charge on any atom is -0.303 e. The Morgan fingerprint density at radius 2 is 0.304 bits per heavy atom. The molecule has 12 heteroatoms. The van der Waals surface area contributed by atoms with Crippen molar-refractivity contribution in [2.75, 3.05) is 14.1 Å². The van der Waals surface area contributed by atoms with Gasteiger partial charge in [0.05, 0.1) is 0 Å². The third-order valence-corrected chi connectivity index (χ3v) is 13.5. The van der Waals surface area contributed by atoms with E-state index in [1.165, 1.54) is 99.1 Å². The van der Waals surface area contributed by atoms with Gasteiger partial charge >= 0.3 is 0 Å². The zero-order valence-electron chi connectivity index (χ0n) is 91.2. The molecule has 9 aromatic carbocycles. The Labute approximate surface area is 774 Å². The van der Waals surface area contributed by atoms with Crippen molar-refractivity contribution in [1.82, 2.24) is 5.01 Å². The van der Waals surface area contributed by atoms with Gasteiger partial charge in [-0.05, 0) is 312 Å². The molecular weight excluding hydrogens is 1530 g/mol. The van der Waals surface area contributed by atoms with Crippen LogP contribution in [0.15, 0.2) is 238 Å². The molecule has 0 saturated carbocycles. The van der Waals surface area contributed by atoms with E-state index in [0.29, 0.717) is 0 Å². The number of fused-ring (bicyclic) bond motifs is 3. The van der Waals surface area contributed by atoms with Gasteiger partial charge in [-0.15, -0.1) is 0 Å². The van der Waals surface area contributed by atoms with Crippen molar-refractivity contribution >= 4 is 95.1 Å². The molecule has 0 saturated heterocycles. The summed E-state index contributed by atoms with van der Waals surface area (Å²) in [6, 6.07) is 64.0. The van der Waals surface area contributed by atoms with Crippen LogP contribution in [-0.2, 0) is 0 Å². The summed E-state index contributed by atoms with van der Waals surface area (Å²) < 4.78 is 0. The molecule has 0 spiro atoms. The molecule has 0 aromatic heterocycles. The quantitative estimate of drug-likeness (QED) is 0.119. The van der Waals surface area contributed by atoms with Gasteiger partial charge in [0.25, 0.3) is 0 Å². The van der Waals surface area contributed by atoms with E-state index in [1.54, 1.807) is 5.01 Å². The maximum atomic E-state index is 4.03. The van der Waals surface area contributed by atoms with Crippen molar-refractivity contribution in [1.29, 1.82) is 0 Å². The van der Waals surface area contributed by atoms with Crippen LogP contribution in [0, 0.1) is 83.1 Å². The second-order valence-corrected chi connectivity index (χ2v) is 28.5. The molecule has 0 amide bonds. The SMILES string of the molecule is CC.CC.CC.CC.CC.CC.CC.CC.CC.CC(C)=NN(C)C.CC(C)=NN=C(C)C.CC(C)=NN=C(C)C.CC(C)=NN=C(C)C.CC(C)=NN=C(C)C.CC(C)=NN=C(C)C.Cc1ccc(C)c2ccccc12.Cc1ccc(C)c2ccccc12.Cc1ccc(C)cc1.Cc1cccc(C)c1.Cc1cccc2c(C)cccc12.Cc1ccccc1C. The van der Waals surface area contributed by atoms with Crippen molar-refractivity contribution in [3.05, 3.63) is 249 Å². The van der Waals surface area contributed by atoms with E-state index >= 15 is 0 Å². The van der Waals surface area contributed by atoms with Crippen molar-refractivity contribution in [3.8, 4) is 0 Å². The van der Waals surface area contributed by atoms with E-state index in [2.05, 4.69) is 321 Å². The van der Waals surface area contributed by atoms with Gasteiger partial charge in [-0.1, -0.05) is 329 Å². The highest BCUT2D eigenvalue weighted by Gasteiger charge is 2.00. The second kappa shape index (κ2) is 99.4. The average molecular weight is 1720 g/mol. The van der Waals surface area contributed by atoms with E-state index in [0.717, 1.165) is 62.8 Å². The van der Waals surface area contributed by atoms with Gasteiger partial charge in [-0.25, -0.2) is 0 Å². The van der Waals surface area contributed by atoms with Crippen molar-refractivity contribution in [3.63, 3.8) is 0 Å². The first-order valence-electron chi connectivity index (χ1n) is 45.7. The van der Waals surface area contributed by atoms with Crippen molar-refractivity contribution < 1.29 is 0 Å². The van der Waals surface area contributed by atoms with Gasteiger partial charge in [0, 0.05) is 76.9 Å². The summed E-state index contributed by atoms with van der Waals surface area (Å²) in [6.07, 6.45) is 0. The third-order valence-electron chi connectivity index (χ3n) is 13.5. The molecule has 0 aliphatic rings. The highest BCUT2D eigenvalue weighted by atomic mass is 15.4. The molecule has 0 heterocycles. The Morgan fingerprint density at radius 3 is 0.432 bits per heavy atom. The van der Waals surface area contributed by atoms with Crippen molar-refractivity contribution in [2.24, 2.45) is 56.1 Å². The molecule has 9 rings (SSSR count). The number of rotatable bonds is 6. The van der Waals surface area contributed by atoms with E-state index in [1.807, 2.05) is 291 Å². The fraction of sp³-hybridized carbons (Fsp3) is 0.478. The van der Waals surface area contributed by atoms with Gasteiger partial charge in [-0.3, -0.25) is 0 Å². The highest BCUT2D eigenvalue weighted by molar-refractivity contribution is 5.91. The highest BCUT2D eigenvalue weighted by Crippen LogP contribution is 2.23. The van der Waals surface area contributed by atoms with Gasteiger partial charge in [-0.2, -0.15) is 56.1 Å². The molecule has 0 N–H and O–H groups in total. The molecular formula is C113H192N12. The first-order valence-corrected chi connectivity index (χ1v) is 45.7. The maximum Gasteiger partial charge on any atom is 0.0344 e. The summed E-state index contributed by atoms with van der Waals surface area (Å²) in [5.74, 6) is 0. The van der Waals surface area contributed by atoms with Gasteiger partial charge in [0.1, 0.15) is 0 Å². The van der Waals surface area contributed by atoms with E-state index in [4.69, 9.17) is 0 Å². The molecule has 0 aliphatic carbocycles. The van der Waals surface area contributed by atoms with Crippen LogP contribution in [0.25, 0.3) is 32.3 Å². The predicted octanol–water partition coefficient (Wildman–Crippen LogP) is 36.8. The summed E-state index contributed by atoms with van der Waals surface area (Å²) in [7, 11) is 3.82. The van der Waals surface area contributed by atoms with Gasteiger partial charge in [0.2, 0.25) is 0 Å². The fourth-order valence-corrected chi connectivity index (χ4v) is 8.33. The smallest absolute Gasteiger partial charge is 0.0344 e. The summed E-state index contributed by atoms with van der Waals surface area (Å²) in [5, 5.41) is 52.3. The first kappa shape index (κ1) is 141. The Hall–Kier alpha value is -10.1. The van der Waals surface area contributed by atoms with E-state index < -0.39 is 0 Å². The summed E-state index contributed by atoms with van der Waals surface area (Å²) in [5.41, 5.74) is 27.2. The Bertz CT molecular complexity index is 3770. The monoisotopic (exact) mass is 1720 g/mol. The number of benzene rings is 9. The first-order chi connectivity index (χ1) is 59.0. The molecule has 125 heavy (non-hydrogen) atoms. The van der Waals surface area contributed by atoms with Gasteiger partial charge < -0.3 is 5.01 Å². The van der Waals surface area contributed by atoms with Crippen LogP contribution < -0.4 is 0 Å². The number of hydrogen-bond acceptors (Lipinski definition) is 12. The number of hydrazone groups is 1. The normalized spacial score (nSPS) is 8.24. The predicted molar refractivity (Wildman–Crippen MR) is 590 cm³/mol. The minimum atomic E-state index is 0.992. The van der Waals surface area contributed by atoms with Crippen molar-refractivity contribution in [2.45, 2.75) is 360 Å². The Kier molecular flexibility index (Phi) is 112. The molecule has 0 fully saturated rings. The average Bonchev–Trinajstić information content (AvgIpc) is 0.830. The lowest BCUT2D eigenvalue weighted by atomic mass is 10.0. The topological polar surface area (TPSA) is 139 Å². The Balaban J connectivity index is -0.000000110. The fourth-order valence-electron chi connectivity index (χ4n) is 8.33. The third kappa shape index (κ3) is 96.0. The standard InChI is InChI=1S/3C12H12.3C8H10.5C6H12N2.C5H12N2.9C2H6/c1-9-5-3-8-12-10(2)6-4-7-11(9)12;2*1-9-7-8-10(2)12-6-4-3-5-11(9)12;1-7-3-5-8(2)6-4-7;1-7-4-3-5-8(2)6-7;1-7-5-3-4-6-8(7)2;5*1-5(2)7-8-6(3)4;1-5(2)6-7(3)4;9*1-2/h3*3-8H,1-2H3;3*3-6H,1-2H3;5*1-4H3;1-4H3;9*1-2H3. The molecule has 0 atom stereocenters. The van der Waals surface area contributed by atoms with E-state index in [-0.39, 0.29) is 0 Å². The largest absolute Gasteiger partial charge is 0.303 e. The summed E-state index contributed by atoms with van der Waals surface area (Å²) in [4.78, 5) is 0. The van der Waals surface area contributed by atoms with Crippen LogP contribution in [0.3, 0.4) is 0 Å². The number of aryl methyl sites for hydroxylation is 12. The van der Waals surface area contributed by atoms with Crippen LogP contribution >= 0.6 is 0 Å². The minimum absolute atomic E-state index is 0.992.